The summed E-state index contributed by atoms with van der Waals surface area (Å²) in [5.41, 5.74) is 0.832. The van der Waals surface area contributed by atoms with Gasteiger partial charge in [0.15, 0.2) is 5.82 Å². The van der Waals surface area contributed by atoms with E-state index in [1.807, 2.05) is 35.9 Å². The number of fused-ring (bicyclic) bond motifs is 3. The Balaban J connectivity index is 1.45. The first-order valence-corrected chi connectivity index (χ1v) is 8.39. The fraction of sp³-hybridized carbons (Fsp3) is 0.375. The highest BCUT2D eigenvalue weighted by Crippen LogP contribution is 2.37. The minimum Gasteiger partial charge on any atom is -0.350 e. The van der Waals surface area contributed by atoms with Crippen molar-refractivity contribution in [1.82, 2.24) is 24.6 Å². The van der Waals surface area contributed by atoms with Crippen molar-refractivity contribution in [3.8, 4) is 0 Å². The van der Waals surface area contributed by atoms with E-state index in [-0.39, 0.29) is 0 Å². The molecule has 122 valence electrons. The molecule has 0 aromatic carbocycles. The van der Waals surface area contributed by atoms with Crippen LogP contribution in [0.4, 0.5) is 11.6 Å². The van der Waals surface area contributed by atoms with Gasteiger partial charge in [-0.15, -0.1) is 10.2 Å². The van der Waals surface area contributed by atoms with Crippen molar-refractivity contribution in [3.05, 3.63) is 41.6 Å². The van der Waals surface area contributed by atoms with Crippen molar-refractivity contribution >= 4 is 28.9 Å². The minimum atomic E-state index is 0.420. The van der Waals surface area contributed by atoms with Crippen LogP contribution in [0.1, 0.15) is 12.2 Å². The van der Waals surface area contributed by atoms with E-state index in [0.717, 1.165) is 42.6 Å². The molecule has 7 nitrogen and oxygen atoms in total. The van der Waals surface area contributed by atoms with Crippen molar-refractivity contribution in [2.75, 3.05) is 22.9 Å². The van der Waals surface area contributed by atoms with Crippen LogP contribution in [0.2, 0.25) is 5.02 Å². The van der Waals surface area contributed by atoms with E-state index in [2.05, 4.69) is 30.0 Å². The smallest absolute Gasteiger partial charge is 0.203 e. The Bertz CT molecular complexity index is 906. The second-order valence-electron chi connectivity index (χ2n) is 6.37. The number of hydrogen-bond acceptors (Lipinski definition) is 6. The van der Waals surface area contributed by atoms with Gasteiger partial charge < -0.3 is 9.80 Å². The zero-order valence-corrected chi connectivity index (χ0v) is 13.9. The highest BCUT2D eigenvalue weighted by atomic mass is 35.5. The monoisotopic (exact) mass is 341 g/mol. The van der Waals surface area contributed by atoms with Gasteiger partial charge in [-0.25, -0.2) is 9.97 Å². The average molecular weight is 342 g/mol. The van der Waals surface area contributed by atoms with E-state index < -0.39 is 0 Å². The molecule has 24 heavy (non-hydrogen) atoms. The van der Waals surface area contributed by atoms with Crippen molar-refractivity contribution in [2.24, 2.45) is 0 Å². The lowest BCUT2D eigenvalue weighted by molar-refractivity contribution is 0.635. The predicted octanol–water partition coefficient (Wildman–Crippen LogP) is 1.95. The number of piperazine rings is 1. The van der Waals surface area contributed by atoms with Gasteiger partial charge >= 0.3 is 0 Å². The summed E-state index contributed by atoms with van der Waals surface area (Å²) in [7, 11) is 0. The van der Waals surface area contributed by atoms with Gasteiger partial charge in [0.05, 0.1) is 17.1 Å². The molecular formula is C16H16ClN7. The summed E-state index contributed by atoms with van der Waals surface area (Å²) in [6.07, 6.45) is 6.55. The molecule has 0 spiro atoms. The summed E-state index contributed by atoms with van der Waals surface area (Å²) in [5, 5.41) is 9.14. The Morgan fingerprint density at radius 1 is 1.08 bits per heavy atom. The molecule has 2 fully saturated rings. The quantitative estimate of drug-likeness (QED) is 0.710. The second kappa shape index (κ2) is 5.04. The number of halogens is 1. The average Bonchev–Trinajstić information content (AvgIpc) is 3.30. The summed E-state index contributed by atoms with van der Waals surface area (Å²) < 4.78 is 1.99. The summed E-state index contributed by atoms with van der Waals surface area (Å²) in [6.45, 7) is 3.82. The van der Waals surface area contributed by atoms with Crippen LogP contribution >= 0.6 is 11.6 Å². The molecule has 2 atom stereocenters. The maximum atomic E-state index is 5.95. The molecule has 2 saturated heterocycles. The fourth-order valence-corrected chi connectivity index (χ4v) is 3.99. The highest BCUT2D eigenvalue weighted by Gasteiger charge is 2.45. The SMILES string of the molecule is Cc1nnc2c(N3CC4CC3CN4c3ccc(Cl)cn3)nccn12. The maximum absolute atomic E-state index is 5.95. The molecule has 8 heteroatoms. The predicted molar refractivity (Wildman–Crippen MR) is 91.7 cm³/mol. The molecular weight excluding hydrogens is 326 g/mol. The van der Waals surface area contributed by atoms with E-state index in [1.165, 1.54) is 0 Å². The van der Waals surface area contributed by atoms with Gasteiger partial charge in [-0.05, 0) is 25.5 Å². The summed E-state index contributed by atoms with van der Waals surface area (Å²) >= 11 is 5.95. The van der Waals surface area contributed by atoms with Crippen molar-refractivity contribution < 1.29 is 0 Å². The lowest BCUT2D eigenvalue weighted by Gasteiger charge is -2.35. The topological polar surface area (TPSA) is 62.5 Å². The van der Waals surface area contributed by atoms with Gasteiger partial charge in [0, 0.05) is 31.7 Å². The molecule has 0 radical (unpaired) electrons. The summed E-state index contributed by atoms with van der Waals surface area (Å²) in [4.78, 5) is 13.8. The van der Waals surface area contributed by atoms with E-state index >= 15 is 0 Å². The molecule has 2 aliphatic heterocycles. The van der Waals surface area contributed by atoms with Gasteiger partial charge in [-0.1, -0.05) is 11.6 Å². The maximum Gasteiger partial charge on any atom is 0.203 e. The van der Waals surface area contributed by atoms with Crippen LogP contribution in [0.5, 0.6) is 0 Å². The number of aromatic nitrogens is 5. The normalized spacial score (nSPS) is 22.8. The lowest BCUT2D eigenvalue weighted by Crippen LogP contribution is -2.47. The van der Waals surface area contributed by atoms with Crippen molar-refractivity contribution in [1.29, 1.82) is 0 Å². The first kappa shape index (κ1) is 14.0. The lowest BCUT2D eigenvalue weighted by atomic mass is 10.2. The standard InChI is InChI=1S/C16H16ClN7/c1-10-20-21-16-15(18-4-5-22(10)16)24-9-12-6-13(24)8-23(12)14-3-2-11(17)7-19-14/h2-5,7,12-13H,6,8-9H2,1H3. The first-order valence-electron chi connectivity index (χ1n) is 8.02. The third-order valence-electron chi connectivity index (χ3n) is 5.00. The zero-order valence-electron chi connectivity index (χ0n) is 13.2. The molecule has 0 N–H and O–H groups in total. The molecule has 0 amide bonds. The number of nitrogens with zero attached hydrogens (tertiary/aromatic N) is 7. The van der Waals surface area contributed by atoms with Gasteiger partial charge in [0.2, 0.25) is 5.65 Å². The molecule has 0 aliphatic carbocycles. The van der Waals surface area contributed by atoms with Crippen LogP contribution < -0.4 is 9.80 Å². The Kier molecular flexibility index (Phi) is 2.94. The van der Waals surface area contributed by atoms with Crippen molar-refractivity contribution in [2.45, 2.75) is 25.4 Å². The first-order chi connectivity index (χ1) is 11.7. The summed E-state index contributed by atoms with van der Waals surface area (Å²) in [6, 6.07) is 4.75. The third-order valence-corrected chi connectivity index (χ3v) is 5.22. The van der Waals surface area contributed by atoms with Gasteiger partial charge in [-0.2, -0.15) is 0 Å². The highest BCUT2D eigenvalue weighted by molar-refractivity contribution is 6.30. The van der Waals surface area contributed by atoms with E-state index in [4.69, 9.17) is 11.6 Å². The van der Waals surface area contributed by atoms with E-state index in [1.54, 1.807) is 6.20 Å². The number of pyridine rings is 1. The molecule has 5 heterocycles. The third kappa shape index (κ3) is 1.97. The van der Waals surface area contributed by atoms with Crippen LogP contribution in [0.15, 0.2) is 30.7 Å². The Morgan fingerprint density at radius 3 is 2.67 bits per heavy atom. The van der Waals surface area contributed by atoms with Crippen LogP contribution in [0.25, 0.3) is 5.65 Å². The number of hydrogen-bond donors (Lipinski definition) is 0. The van der Waals surface area contributed by atoms with E-state index in [9.17, 15) is 0 Å². The van der Waals surface area contributed by atoms with Gasteiger partial charge in [-0.3, -0.25) is 4.40 Å². The molecule has 0 saturated carbocycles. The van der Waals surface area contributed by atoms with Crippen LogP contribution in [-0.2, 0) is 0 Å². The minimum absolute atomic E-state index is 0.420. The largest absolute Gasteiger partial charge is 0.350 e. The van der Waals surface area contributed by atoms with Gasteiger partial charge in [0.25, 0.3) is 0 Å². The van der Waals surface area contributed by atoms with Crippen LogP contribution in [0.3, 0.4) is 0 Å². The molecule has 5 rings (SSSR count). The summed E-state index contributed by atoms with van der Waals surface area (Å²) in [5.74, 6) is 2.80. The number of rotatable bonds is 2. The molecule has 2 bridgehead atoms. The number of anilines is 2. The van der Waals surface area contributed by atoms with Crippen molar-refractivity contribution in [3.63, 3.8) is 0 Å². The van der Waals surface area contributed by atoms with Gasteiger partial charge in [0.1, 0.15) is 11.6 Å². The van der Waals surface area contributed by atoms with Crippen LogP contribution in [-0.4, -0.2) is 49.7 Å². The fourth-order valence-electron chi connectivity index (χ4n) is 3.88. The molecule has 2 aliphatic rings. The molecule has 3 aromatic heterocycles. The second-order valence-corrected chi connectivity index (χ2v) is 6.81. The van der Waals surface area contributed by atoms with Crippen LogP contribution in [0, 0.1) is 6.92 Å². The Morgan fingerprint density at radius 2 is 1.92 bits per heavy atom. The number of aryl methyl sites for hydroxylation is 1. The Hall–Kier alpha value is -2.41. The zero-order chi connectivity index (χ0) is 16.3. The molecule has 3 aromatic rings. The molecule has 2 unspecified atom stereocenters. The van der Waals surface area contributed by atoms with E-state index in [0.29, 0.717) is 17.1 Å². The Labute approximate surface area is 143 Å².